The Bertz CT molecular complexity index is 1060. The zero-order valence-electron chi connectivity index (χ0n) is 16.8. The molecule has 3 aromatic carbocycles. The summed E-state index contributed by atoms with van der Waals surface area (Å²) in [6.45, 7) is 3.74. The summed E-state index contributed by atoms with van der Waals surface area (Å²) in [6, 6.07) is 21.9. The summed E-state index contributed by atoms with van der Waals surface area (Å²) in [5.74, 6) is 0.703. The van der Waals surface area contributed by atoms with E-state index in [1.165, 1.54) is 5.56 Å². The van der Waals surface area contributed by atoms with Crippen LogP contribution in [0.2, 0.25) is 0 Å². The molecule has 0 fully saturated rings. The van der Waals surface area contributed by atoms with E-state index in [2.05, 4.69) is 17.1 Å². The minimum atomic E-state index is -0.0258. The minimum Gasteiger partial charge on any atom is -0.493 e. The lowest BCUT2D eigenvalue weighted by atomic mass is 10.0. The van der Waals surface area contributed by atoms with E-state index in [1.54, 1.807) is 4.90 Å². The molecule has 0 atom stereocenters. The molecule has 1 aliphatic heterocycles. The molecule has 4 heteroatoms. The van der Waals surface area contributed by atoms with Crippen LogP contribution in [0.3, 0.4) is 0 Å². The van der Waals surface area contributed by atoms with Crippen LogP contribution in [0.1, 0.15) is 34.0 Å². The Balaban J connectivity index is 1.58. The van der Waals surface area contributed by atoms with Crippen LogP contribution < -0.4 is 4.74 Å². The monoisotopic (exact) mass is 384 g/mol. The van der Waals surface area contributed by atoms with E-state index in [1.807, 2.05) is 74.8 Å². The third kappa shape index (κ3) is 3.92. The SMILES string of the molecule is CCOc1cc(C(=O)N(C)Cc2cccc3c2CN=C3)ccc1-c1ccccc1. The largest absolute Gasteiger partial charge is 0.493 e. The van der Waals surface area contributed by atoms with Gasteiger partial charge in [0.2, 0.25) is 0 Å². The van der Waals surface area contributed by atoms with Gasteiger partial charge in [-0.15, -0.1) is 0 Å². The van der Waals surface area contributed by atoms with Crippen molar-refractivity contribution >= 4 is 12.1 Å². The maximum atomic E-state index is 13.1. The van der Waals surface area contributed by atoms with Gasteiger partial charge < -0.3 is 9.64 Å². The molecule has 0 aromatic heterocycles. The molecular weight excluding hydrogens is 360 g/mol. The number of fused-ring (bicyclic) bond motifs is 1. The van der Waals surface area contributed by atoms with Crippen LogP contribution in [0.25, 0.3) is 11.1 Å². The van der Waals surface area contributed by atoms with Gasteiger partial charge in [-0.05, 0) is 47.4 Å². The van der Waals surface area contributed by atoms with Crippen LogP contribution in [0, 0.1) is 0 Å². The lowest BCUT2D eigenvalue weighted by molar-refractivity contribution is 0.0784. The van der Waals surface area contributed by atoms with Gasteiger partial charge in [-0.1, -0.05) is 48.5 Å². The van der Waals surface area contributed by atoms with Crippen molar-refractivity contribution in [3.8, 4) is 16.9 Å². The van der Waals surface area contributed by atoms with Crippen LogP contribution >= 0.6 is 0 Å². The summed E-state index contributed by atoms with van der Waals surface area (Å²) < 4.78 is 5.85. The number of hydrogen-bond acceptors (Lipinski definition) is 3. The van der Waals surface area contributed by atoms with E-state index in [0.29, 0.717) is 25.3 Å². The predicted octanol–water partition coefficient (Wildman–Crippen LogP) is 4.96. The number of aliphatic imine (C=N–C) groups is 1. The van der Waals surface area contributed by atoms with Gasteiger partial charge in [0.05, 0.1) is 13.2 Å². The van der Waals surface area contributed by atoms with Gasteiger partial charge in [-0.25, -0.2) is 0 Å². The average molecular weight is 384 g/mol. The zero-order chi connectivity index (χ0) is 20.2. The molecule has 1 heterocycles. The molecule has 146 valence electrons. The van der Waals surface area contributed by atoms with Crippen LogP contribution in [0.15, 0.2) is 71.7 Å². The van der Waals surface area contributed by atoms with Crippen molar-refractivity contribution in [2.45, 2.75) is 20.0 Å². The standard InChI is InChI=1S/C25H24N2O2/c1-3-29-24-14-19(12-13-22(24)18-8-5-4-6-9-18)25(28)27(2)17-21-11-7-10-20-15-26-16-23(20)21/h4-15H,3,16-17H2,1-2H3. The maximum absolute atomic E-state index is 13.1. The van der Waals surface area contributed by atoms with Gasteiger partial charge in [-0.2, -0.15) is 0 Å². The highest BCUT2D eigenvalue weighted by Crippen LogP contribution is 2.31. The van der Waals surface area contributed by atoms with Crippen molar-refractivity contribution in [3.05, 3.63) is 89.0 Å². The van der Waals surface area contributed by atoms with E-state index < -0.39 is 0 Å². The molecule has 1 aliphatic rings. The molecule has 29 heavy (non-hydrogen) atoms. The number of nitrogens with zero attached hydrogens (tertiary/aromatic N) is 2. The second-order valence-corrected chi connectivity index (χ2v) is 7.13. The summed E-state index contributed by atoms with van der Waals surface area (Å²) in [4.78, 5) is 19.2. The van der Waals surface area contributed by atoms with Crippen molar-refractivity contribution in [1.29, 1.82) is 0 Å². The number of hydrogen-bond donors (Lipinski definition) is 0. The summed E-state index contributed by atoms with van der Waals surface area (Å²) in [5.41, 5.74) is 6.19. The Kier molecular flexibility index (Phi) is 5.43. The number of carbonyl (C=O) groups is 1. The Labute approximate surface area is 171 Å². The highest BCUT2D eigenvalue weighted by atomic mass is 16.5. The van der Waals surface area contributed by atoms with E-state index in [0.717, 1.165) is 28.0 Å². The van der Waals surface area contributed by atoms with Gasteiger partial charge >= 0.3 is 0 Å². The van der Waals surface area contributed by atoms with Gasteiger partial charge in [-0.3, -0.25) is 9.79 Å². The van der Waals surface area contributed by atoms with Gasteiger partial charge in [0.15, 0.2) is 0 Å². The van der Waals surface area contributed by atoms with Gasteiger partial charge in [0.25, 0.3) is 5.91 Å². The average Bonchev–Trinajstić information content (AvgIpc) is 3.24. The fourth-order valence-electron chi connectivity index (χ4n) is 3.69. The zero-order valence-corrected chi connectivity index (χ0v) is 16.8. The van der Waals surface area contributed by atoms with Crippen LogP contribution in [0.5, 0.6) is 5.75 Å². The summed E-state index contributed by atoms with van der Waals surface area (Å²) in [7, 11) is 1.84. The highest BCUT2D eigenvalue weighted by molar-refractivity contribution is 5.95. The molecule has 4 rings (SSSR count). The Morgan fingerprint density at radius 1 is 1.07 bits per heavy atom. The van der Waals surface area contributed by atoms with Gasteiger partial charge in [0, 0.05) is 30.9 Å². The molecule has 0 bridgehead atoms. The predicted molar refractivity (Wildman–Crippen MR) is 117 cm³/mol. The Morgan fingerprint density at radius 3 is 2.69 bits per heavy atom. The minimum absolute atomic E-state index is 0.0258. The van der Waals surface area contributed by atoms with Crippen molar-refractivity contribution in [3.63, 3.8) is 0 Å². The summed E-state index contributed by atoms with van der Waals surface area (Å²) in [5, 5.41) is 0. The molecule has 0 spiro atoms. The second kappa shape index (κ2) is 8.31. The fourth-order valence-corrected chi connectivity index (χ4v) is 3.69. The van der Waals surface area contributed by atoms with E-state index >= 15 is 0 Å². The normalized spacial score (nSPS) is 11.9. The first-order valence-electron chi connectivity index (χ1n) is 9.85. The molecule has 0 radical (unpaired) electrons. The van der Waals surface area contributed by atoms with Crippen LogP contribution in [0.4, 0.5) is 0 Å². The molecule has 0 saturated heterocycles. The molecule has 1 amide bonds. The number of benzene rings is 3. The molecule has 4 nitrogen and oxygen atoms in total. The number of rotatable bonds is 6. The topological polar surface area (TPSA) is 41.9 Å². The second-order valence-electron chi connectivity index (χ2n) is 7.13. The van der Waals surface area contributed by atoms with Crippen molar-refractivity contribution in [2.75, 3.05) is 13.7 Å². The first-order chi connectivity index (χ1) is 14.2. The van der Waals surface area contributed by atoms with Crippen molar-refractivity contribution < 1.29 is 9.53 Å². The third-order valence-corrected chi connectivity index (χ3v) is 5.16. The maximum Gasteiger partial charge on any atom is 0.254 e. The number of carbonyl (C=O) groups excluding carboxylic acids is 1. The third-order valence-electron chi connectivity index (χ3n) is 5.16. The number of amides is 1. The van der Waals surface area contributed by atoms with Crippen LogP contribution in [-0.2, 0) is 13.1 Å². The molecule has 0 aliphatic carbocycles. The van der Waals surface area contributed by atoms with E-state index in [9.17, 15) is 4.79 Å². The highest BCUT2D eigenvalue weighted by Gasteiger charge is 2.18. The van der Waals surface area contributed by atoms with Crippen molar-refractivity contribution in [1.82, 2.24) is 4.90 Å². The first kappa shape index (κ1) is 18.9. The molecule has 0 unspecified atom stereocenters. The molecule has 0 N–H and O–H groups in total. The van der Waals surface area contributed by atoms with Crippen LogP contribution in [-0.4, -0.2) is 30.7 Å². The lowest BCUT2D eigenvalue weighted by Crippen LogP contribution is -2.26. The van der Waals surface area contributed by atoms with Gasteiger partial charge in [0.1, 0.15) is 5.75 Å². The first-order valence-corrected chi connectivity index (χ1v) is 9.85. The van der Waals surface area contributed by atoms with Crippen molar-refractivity contribution in [2.24, 2.45) is 4.99 Å². The lowest BCUT2D eigenvalue weighted by Gasteiger charge is -2.20. The Hall–Kier alpha value is -3.40. The smallest absolute Gasteiger partial charge is 0.254 e. The molecular formula is C25H24N2O2. The van der Waals surface area contributed by atoms with E-state index in [-0.39, 0.29) is 5.91 Å². The fraction of sp³-hybridized carbons (Fsp3) is 0.200. The molecule has 0 saturated carbocycles. The van der Waals surface area contributed by atoms with E-state index in [4.69, 9.17) is 4.74 Å². The quantitative estimate of drug-likeness (QED) is 0.603. The number of ether oxygens (including phenoxy) is 1. The Morgan fingerprint density at radius 2 is 1.90 bits per heavy atom. The summed E-state index contributed by atoms with van der Waals surface area (Å²) >= 11 is 0. The summed E-state index contributed by atoms with van der Waals surface area (Å²) in [6.07, 6.45) is 1.90. The molecule has 3 aromatic rings.